The molecule has 2 aliphatic heterocycles. The van der Waals surface area contributed by atoms with Gasteiger partial charge in [-0.15, -0.1) is 0 Å². The van der Waals surface area contributed by atoms with Crippen LogP contribution in [0.1, 0.15) is 18.4 Å². The van der Waals surface area contributed by atoms with Gasteiger partial charge >= 0.3 is 0 Å². The maximum absolute atomic E-state index is 12.1. The van der Waals surface area contributed by atoms with Crippen molar-refractivity contribution in [3.63, 3.8) is 0 Å². The quantitative estimate of drug-likeness (QED) is 0.822. The van der Waals surface area contributed by atoms with Crippen molar-refractivity contribution in [3.8, 4) is 0 Å². The first-order valence-electron chi connectivity index (χ1n) is 6.79. The van der Waals surface area contributed by atoms with Gasteiger partial charge in [-0.25, -0.2) is 5.48 Å². The van der Waals surface area contributed by atoms with Crippen LogP contribution in [-0.4, -0.2) is 23.1 Å². The van der Waals surface area contributed by atoms with Crippen molar-refractivity contribution in [1.82, 2.24) is 10.5 Å². The Balaban J connectivity index is 1.28. The Labute approximate surface area is 111 Å². The first-order chi connectivity index (χ1) is 9.33. The summed E-state index contributed by atoms with van der Waals surface area (Å²) in [6.45, 7) is 0.341. The van der Waals surface area contributed by atoms with E-state index in [-0.39, 0.29) is 17.9 Å². The van der Waals surface area contributed by atoms with Gasteiger partial charge in [-0.3, -0.25) is 14.6 Å². The van der Waals surface area contributed by atoms with Gasteiger partial charge in [-0.1, -0.05) is 6.07 Å². The van der Waals surface area contributed by atoms with Crippen LogP contribution < -0.4 is 5.48 Å². The summed E-state index contributed by atoms with van der Waals surface area (Å²) in [5.41, 5.74) is 3.49. The van der Waals surface area contributed by atoms with Gasteiger partial charge in [0.15, 0.2) is 0 Å². The van der Waals surface area contributed by atoms with E-state index in [0.29, 0.717) is 18.6 Å². The summed E-state index contributed by atoms with van der Waals surface area (Å²) in [6, 6.07) is 3.76. The summed E-state index contributed by atoms with van der Waals surface area (Å²) in [6.07, 6.45) is 5.99. The molecular weight excluding hydrogens is 244 g/mol. The van der Waals surface area contributed by atoms with Crippen LogP contribution in [0.25, 0.3) is 0 Å². The van der Waals surface area contributed by atoms with Crippen LogP contribution in [0.3, 0.4) is 0 Å². The highest BCUT2D eigenvalue weighted by atomic mass is 16.7. The number of hydrogen-bond donors (Lipinski definition) is 1. The molecule has 1 aromatic heterocycles. The summed E-state index contributed by atoms with van der Waals surface area (Å²) >= 11 is 0. The molecule has 5 atom stereocenters. The number of hydrogen-bond acceptors (Lipinski definition) is 4. The van der Waals surface area contributed by atoms with Crippen molar-refractivity contribution in [2.45, 2.75) is 31.7 Å². The maximum Gasteiger partial charge on any atom is 0.249 e. The molecule has 1 saturated carbocycles. The van der Waals surface area contributed by atoms with E-state index < -0.39 is 0 Å². The standard InChI is InChI=1S/C14H16N2O3/c17-14(16-18-7-8-2-1-3-15-6-8)11-5-12-9-4-10(9)13(11)19-12/h1-3,6,9-13H,4-5,7H2,(H,16,17)/t9-,10+,11-,12+,13+/m1/s1. The number of hydroxylamine groups is 1. The van der Waals surface area contributed by atoms with E-state index in [9.17, 15) is 4.79 Å². The molecule has 1 aliphatic carbocycles. The van der Waals surface area contributed by atoms with Crippen molar-refractivity contribution < 1.29 is 14.4 Å². The molecule has 3 fully saturated rings. The van der Waals surface area contributed by atoms with E-state index in [1.807, 2.05) is 12.1 Å². The van der Waals surface area contributed by atoms with Crippen molar-refractivity contribution in [1.29, 1.82) is 0 Å². The summed E-state index contributed by atoms with van der Waals surface area (Å²) in [5, 5.41) is 0. The van der Waals surface area contributed by atoms with Crippen molar-refractivity contribution >= 4 is 5.91 Å². The number of ether oxygens (including phenoxy) is 1. The first kappa shape index (κ1) is 11.4. The van der Waals surface area contributed by atoms with Crippen molar-refractivity contribution in [2.75, 3.05) is 0 Å². The van der Waals surface area contributed by atoms with Crippen LogP contribution in [0.4, 0.5) is 0 Å². The lowest BCUT2D eigenvalue weighted by Gasteiger charge is -2.17. The van der Waals surface area contributed by atoms with Crippen LogP contribution >= 0.6 is 0 Å². The van der Waals surface area contributed by atoms with Crippen LogP contribution in [0.15, 0.2) is 24.5 Å². The molecule has 5 heteroatoms. The SMILES string of the molecule is O=C(NOCc1cccnc1)[C@@H]1C[C@@H]2O[C@H]1[C@H]1C[C@H]12. The predicted octanol–water partition coefficient (Wildman–Crippen LogP) is 1.05. The molecule has 1 amide bonds. The molecule has 3 heterocycles. The van der Waals surface area contributed by atoms with Crippen LogP contribution in [0.2, 0.25) is 0 Å². The monoisotopic (exact) mass is 260 g/mol. The minimum absolute atomic E-state index is 0.0253. The lowest BCUT2D eigenvalue weighted by Crippen LogP contribution is -2.36. The van der Waals surface area contributed by atoms with Crippen molar-refractivity contribution in [2.24, 2.45) is 17.8 Å². The molecule has 1 N–H and O–H groups in total. The second kappa shape index (κ2) is 4.28. The smallest absolute Gasteiger partial charge is 0.249 e. The number of carbonyl (C=O) groups excluding carboxylic acids is 1. The molecule has 0 aromatic carbocycles. The van der Waals surface area contributed by atoms with Gasteiger partial charge in [0.1, 0.15) is 6.61 Å². The number of nitrogens with one attached hydrogen (secondary N) is 1. The molecule has 0 unspecified atom stereocenters. The zero-order valence-electron chi connectivity index (χ0n) is 10.5. The van der Waals surface area contributed by atoms with Gasteiger partial charge in [-0.05, 0) is 36.3 Å². The highest BCUT2D eigenvalue weighted by molar-refractivity contribution is 5.79. The molecule has 2 bridgehead atoms. The summed E-state index contributed by atoms with van der Waals surface area (Å²) in [5.74, 6) is 1.31. The van der Waals surface area contributed by atoms with Crippen LogP contribution in [0.5, 0.6) is 0 Å². The number of pyridine rings is 1. The van der Waals surface area contributed by atoms with Gasteiger partial charge in [0.2, 0.25) is 5.91 Å². The summed E-state index contributed by atoms with van der Waals surface area (Å²) in [4.78, 5) is 21.3. The topological polar surface area (TPSA) is 60.5 Å². The van der Waals surface area contributed by atoms with Crippen LogP contribution in [-0.2, 0) is 21.0 Å². The van der Waals surface area contributed by atoms with E-state index in [4.69, 9.17) is 9.57 Å². The minimum Gasteiger partial charge on any atom is -0.374 e. The summed E-state index contributed by atoms with van der Waals surface area (Å²) < 4.78 is 5.81. The molecule has 3 aliphatic rings. The van der Waals surface area contributed by atoms with Crippen LogP contribution in [0, 0.1) is 17.8 Å². The molecule has 0 spiro atoms. The predicted molar refractivity (Wildman–Crippen MR) is 65.5 cm³/mol. The fourth-order valence-corrected chi connectivity index (χ4v) is 3.46. The van der Waals surface area contributed by atoms with E-state index in [0.717, 1.165) is 17.9 Å². The number of carbonyl (C=O) groups is 1. The lowest BCUT2D eigenvalue weighted by molar-refractivity contribution is -0.140. The second-order valence-electron chi connectivity index (χ2n) is 5.66. The Kier molecular flexibility index (Phi) is 2.56. The number of fused-ring (bicyclic) bond motifs is 5. The molecule has 4 rings (SSSR count). The first-order valence-corrected chi connectivity index (χ1v) is 6.79. The lowest BCUT2D eigenvalue weighted by atomic mass is 9.89. The fraction of sp³-hybridized carbons (Fsp3) is 0.571. The largest absolute Gasteiger partial charge is 0.374 e. The molecule has 2 saturated heterocycles. The molecule has 5 nitrogen and oxygen atoms in total. The van der Waals surface area contributed by atoms with Gasteiger partial charge in [0.05, 0.1) is 18.1 Å². The second-order valence-corrected chi connectivity index (χ2v) is 5.66. The Morgan fingerprint density at radius 2 is 2.42 bits per heavy atom. The highest BCUT2D eigenvalue weighted by Crippen LogP contribution is 2.60. The molecule has 100 valence electrons. The van der Waals surface area contributed by atoms with E-state index in [1.54, 1.807) is 12.4 Å². The Bertz CT molecular complexity index is 493. The molecule has 0 radical (unpaired) electrons. The van der Waals surface area contributed by atoms with Gasteiger partial charge in [0, 0.05) is 12.4 Å². The number of aromatic nitrogens is 1. The molecular formula is C14H16N2O3. The third kappa shape index (κ3) is 1.93. The Morgan fingerprint density at radius 3 is 3.16 bits per heavy atom. The minimum atomic E-state index is -0.0401. The Hall–Kier alpha value is -1.46. The third-order valence-corrected chi connectivity index (χ3v) is 4.48. The number of amides is 1. The average Bonchev–Trinajstić information content (AvgIpc) is 3.04. The van der Waals surface area contributed by atoms with Crippen molar-refractivity contribution in [3.05, 3.63) is 30.1 Å². The zero-order chi connectivity index (χ0) is 12.8. The van der Waals surface area contributed by atoms with E-state index >= 15 is 0 Å². The molecule has 1 aromatic rings. The van der Waals surface area contributed by atoms with Gasteiger partial charge < -0.3 is 4.74 Å². The van der Waals surface area contributed by atoms with Gasteiger partial charge in [0.25, 0.3) is 0 Å². The fourth-order valence-electron chi connectivity index (χ4n) is 3.46. The summed E-state index contributed by atoms with van der Waals surface area (Å²) in [7, 11) is 0. The Morgan fingerprint density at radius 1 is 1.47 bits per heavy atom. The van der Waals surface area contributed by atoms with Gasteiger partial charge in [-0.2, -0.15) is 0 Å². The van der Waals surface area contributed by atoms with E-state index in [1.165, 1.54) is 6.42 Å². The van der Waals surface area contributed by atoms with E-state index in [2.05, 4.69) is 10.5 Å². The zero-order valence-corrected chi connectivity index (χ0v) is 10.5. The normalized spacial score (nSPS) is 38.0. The number of rotatable bonds is 4. The highest BCUT2D eigenvalue weighted by Gasteiger charge is 2.64. The number of nitrogens with zero attached hydrogens (tertiary/aromatic N) is 1. The average molecular weight is 260 g/mol. The molecule has 19 heavy (non-hydrogen) atoms. The third-order valence-electron chi connectivity index (χ3n) is 4.48. The maximum atomic E-state index is 12.1.